The Morgan fingerprint density at radius 2 is 2.05 bits per heavy atom. The van der Waals surface area contributed by atoms with Crippen LogP contribution < -0.4 is 10.1 Å². The van der Waals surface area contributed by atoms with E-state index in [-0.39, 0.29) is 24.4 Å². The summed E-state index contributed by atoms with van der Waals surface area (Å²) in [5.41, 5.74) is 1.05. The van der Waals surface area contributed by atoms with Gasteiger partial charge < -0.3 is 14.8 Å². The fourth-order valence-electron chi connectivity index (χ4n) is 2.76. The van der Waals surface area contributed by atoms with E-state index in [1.807, 2.05) is 18.3 Å². The minimum Gasteiger partial charge on any atom is -0.489 e. The molecule has 1 aromatic rings. The van der Waals surface area contributed by atoms with Gasteiger partial charge in [0.05, 0.1) is 24.1 Å². The highest BCUT2D eigenvalue weighted by atomic mass is 16.5. The first kappa shape index (κ1) is 15.3. The average Bonchev–Trinajstić information content (AvgIpc) is 2.38. The molecule has 20 heavy (non-hydrogen) atoms. The Hall–Kier alpha value is -1.13. The lowest BCUT2D eigenvalue weighted by Crippen LogP contribution is -2.35. The summed E-state index contributed by atoms with van der Waals surface area (Å²) in [7, 11) is 0. The van der Waals surface area contributed by atoms with Crippen LogP contribution in [0.2, 0.25) is 0 Å². The van der Waals surface area contributed by atoms with E-state index in [9.17, 15) is 0 Å². The van der Waals surface area contributed by atoms with Crippen LogP contribution >= 0.6 is 0 Å². The van der Waals surface area contributed by atoms with Crippen molar-refractivity contribution in [3.63, 3.8) is 0 Å². The van der Waals surface area contributed by atoms with Gasteiger partial charge >= 0.3 is 0 Å². The van der Waals surface area contributed by atoms with Crippen LogP contribution in [0, 0.1) is 0 Å². The lowest BCUT2D eigenvalue weighted by atomic mass is 10.0. The molecule has 0 aliphatic carbocycles. The Morgan fingerprint density at radius 3 is 2.60 bits per heavy atom. The highest BCUT2D eigenvalue weighted by Gasteiger charge is 2.25. The Balaban J connectivity index is 1.93. The molecule has 1 aliphatic heterocycles. The van der Waals surface area contributed by atoms with Crippen LogP contribution in [0.25, 0.3) is 0 Å². The van der Waals surface area contributed by atoms with Crippen molar-refractivity contribution in [3.05, 3.63) is 24.0 Å². The summed E-state index contributed by atoms with van der Waals surface area (Å²) < 4.78 is 11.8. The number of pyridine rings is 1. The van der Waals surface area contributed by atoms with Crippen molar-refractivity contribution in [1.82, 2.24) is 10.3 Å². The van der Waals surface area contributed by atoms with Crippen molar-refractivity contribution in [1.29, 1.82) is 0 Å². The van der Waals surface area contributed by atoms with Crippen molar-refractivity contribution < 1.29 is 9.47 Å². The molecule has 0 bridgehead atoms. The largest absolute Gasteiger partial charge is 0.489 e. The maximum atomic E-state index is 6.03. The maximum absolute atomic E-state index is 6.03. The molecule has 1 aromatic heterocycles. The number of nitrogens with one attached hydrogen (secondary N) is 1. The zero-order valence-corrected chi connectivity index (χ0v) is 12.9. The Kier molecular flexibility index (Phi) is 5.38. The second-order valence-corrected chi connectivity index (χ2v) is 5.67. The van der Waals surface area contributed by atoms with Crippen molar-refractivity contribution in [2.24, 2.45) is 0 Å². The molecule has 1 N–H and O–H groups in total. The predicted molar refractivity (Wildman–Crippen MR) is 80.0 cm³/mol. The molecule has 1 saturated heterocycles. The van der Waals surface area contributed by atoms with Crippen LogP contribution in [0.5, 0.6) is 5.75 Å². The van der Waals surface area contributed by atoms with Crippen LogP contribution in [0.3, 0.4) is 0 Å². The monoisotopic (exact) mass is 278 g/mol. The van der Waals surface area contributed by atoms with Gasteiger partial charge in [-0.25, -0.2) is 0 Å². The van der Waals surface area contributed by atoms with Crippen LogP contribution in [-0.4, -0.2) is 29.8 Å². The topological polar surface area (TPSA) is 43.4 Å². The van der Waals surface area contributed by atoms with Crippen molar-refractivity contribution >= 4 is 0 Å². The van der Waals surface area contributed by atoms with Gasteiger partial charge in [0.15, 0.2) is 0 Å². The second-order valence-electron chi connectivity index (χ2n) is 5.67. The van der Waals surface area contributed by atoms with Gasteiger partial charge in [-0.1, -0.05) is 6.92 Å². The minimum atomic E-state index is 0.229. The first-order valence-corrected chi connectivity index (χ1v) is 7.60. The van der Waals surface area contributed by atoms with E-state index < -0.39 is 0 Å². The molecule has 2 heterocycles. The normalized spacial score (nSPS) is 28.1. The van der Waals surface area contributed by atoms with Crippen LogP contribution in [0.4, 0.5) is 0 Å². The molecular weight excluding hydrogens is 252 g/mol. The first-order chi connectivity index (χ1) is 9.58. The van der Waals surface area contributed by atoms with E-state index in [1.54, 1.807) is 0 Å². The van der Waals surface area contributed by atoms with Gasteiger partial charge in [-0.05, 0) is 39.4 Å². The quantitative estimate of drug-likeness (QED) is 0.899. The summed E-state index contributed by atoms with van der Waals surface area (Å²) in [5, 5.41) is 3.35. The molecular formula is C16H26N2O2. The fraction of sp³-hybridized carbons (Fsp3) is 0.688. The van der Waals surface area contributed by atoms with E-state index in [0.717, 1.165) is 30.8 Å². The smallest absolute Gasteiger partial charge is 0.138 e. The summed E-state index contributed by atoms with van der Waals surface area (Å²) in [6, 6.07) is 4.33. The third-order valence-electron chi connectivity index (χ3n) is 3.67. The summed E-state index contributed by atoms with van der Waals surface area (Å²) in [6.45, 7) is 9.37. The molecule has 0 radical (unpaired) electrons. The van der Waals surface area contributed by atoms with Crippen molar-refractivity contribution in [2.45, 2.75) is 64.9 Å². The summed E-state index contributed by atoms with van der Waals surface area (Å²) in [6.07, 6.45) is 4.48. The van der Waals surface area contributed by atoms with Gasteiger partial charge in [0.1, 0.15) is 11.9 Å². The average molecular weight is 278 g/mol. The van der Waals surface area contributed by atoms with Crippen molar-refractivity contribution in [2.75, 3.05) is 6.54 Å². The van der Waals surface area contributed by atoms with Gasteiger partial charge in [-0.3, -0.25) is 4.98 Å². The number of hydrogen-bond acceptors (Lipinski definition) is 4. The Labute approximate surface area is 121 Å². The zero-order chi connectivity index (χ0) is 14.5. The molecule has 3 unspecified atom stereocenters. The molecule has 2 rings (SSSR count). The summed E-state index contributed by atoms with van der Waals surface area (Å²) >= 11 is 0. The number of nitrogens with zero attached hydrogens (tertiary/aromatic N) is 1. The molecule has 0 amide bonds. The third kappa shape index (κ3) is 4.18. The van der Waals surface area contributed by atoms with Gasteiger partial charge in [-0.15, -0.1) is 0 Å². The highest BCUT2D eigenvalue weighted by Crippen LogP contribution is 2.24. The zero-order valence-electron chi connectivity index (χ0n) is 12.9. The van der Waals surface area contributed by atoms with Crippen LogP contribution in [-0.2, 0) is 4.74 Å². The predicted octanol–water partition coefficient (Wildman–Crippen LogP) is 3.09. The number of rotatable bonds is 5. The Bertz CT molecular complexity index is 397. The minimum absolute atomic E-state index is 0.229. The van der Waals surface area contributed by atoms with E-state index in [2.05, 4.69) is 38.0 Å². The van der Waals surface area contributed by atoms with Crippen LogP contribution in [0.1, 0.15) is 52.3 Å². The summed E-state index contributed by atoms with van der Waals surface area (Å²) in [5.74, 6) is 0.851. The molecule has 3 atom stereocenters. The van der Waals surface area contributed by atoms with Gasteiger partial charge in [0.25, 0.3) is 0 Å². The summed E-state index contributed by atoms with van der Waals surface area (Å²) in [4.78, 5) is 4.48. The van der Waals surface area contributed by atoms with Gasteiger partial charge in [-0.2, -0.15) is 0 Å². The fourth-order valence-corrected chi connectivity index (χ4v) is 2.76. The Morgan fingerprint density at radius 1 is 1.35 bits per heavy atom. The van der Waals surface area contributed by atoms with E-state index in [1.165, 1.54) is 0 Å². The molecule has 1 aliphatic rings. The SMILES string of the molecule is CCNC(C)c1ccc(OC2CC(C)OC(C)C2)cn1. The molecule has 4 heteroatoms. The molecule has 0 aromatic carbocycles. The van der Waals surface area contributed by atoms with Gasteiger partial charge in [0, 0.05) is 18.9 Å². The second kappa shape index (κ2) is 7.04. The maximum Gasteiger partial charge on any atom is 0.138 e. The van der Waals surface area contributed by atoms with Gasteiger partial charge in [0.2, 0.25) is 0 Å². The molecule has 0 spiro atoms. The third-order valence-corrected chi connectivity index (χ3v) is 3.67. The lowest BCUT2D eigenvalue weighted by molar-refractivity contribution is -0.0722. The standard InChI is InChI=1S/C16H26N2O2/c1-5-17-13(4)16-7-6-14(10-18-16)20-15-8-11(2)19-12(3)9-15/h6-7,10-13,15,17H,5,8-9H2,1-4H3. The van der Waals surface area contributed by atoms with Crippen molar-refractivity contribution in [3.8, 4) is 5.75 Å². The number of aromatic nitrogens is 1. The van der Waals surface area contributed by atoms with E-state index in [4.69, 9.17) is 9.47 Å². The number of ether oxygens (including phenoxy) is 2. The van der Waals surface area contributed by atoms with Crippen LogP contribution in [0.15, 0.2) is 18.3 Å². The molecule has 0 saturated carbocycles. The van der Waals surface area contributed by atoms with E-state index in [0.29, 0.717) is 0 Å². The molecule has 112 valence electrons. The molecule has 1 fully saturated rings. The highest BCUT2D eigenvalue weighted by molar-refractivity contribution is 5.21. The lowest BCUT2D eigenvalue weighted by Gasteiger charge is -2.32. The molecule has 4 nitrogen and oxygen atoms in total. The van der Waals surface area contributed by atoms with E-state index >= 15 is 0 Å². The first-order valence-electron chi connectivity index (χ1n) is 7.60. The number of hydrogen-bond donors (Lipinski definition) is 1.